The van der Waals surface area contributed by atoms with Crippen molar-refractivity contribution in [1.29, 1.82) is 0 Å². The second-order valence-electron chi connectivity index (χ2n) is 6.82. The molecule has 30 heavy (non-hydrogen) atoms. The summed E-state index contributed by atoms with van der Waals surface area (Å²) in [6.45, 7) is 1.86. The zero-order chi connectivity index (χ0) is 21.9. The Bertz CT molecular complexity index is 1070. The van der Waals surface area contributed by atoms with Crippen LogP contribution >= 0.6 is 0 Å². The van der Waals surface area contributed by atoms with Crippen LogP contribution < -0.4 is 9.47 Å². The van der Waals surface area contributed by atoms with E-state index in [1.165, 1.54) is 19.1 Å². The van der Waals surface area contributed by atoms with Crippen molar-refractivity contribution in [1.82, 2.24) is 9.21 Å². The number of ether oxygens (including phenoxy) is 2. The summed E-state index contributed by atoms with van der Waals surface area (Å²) < 4.78 is 36.4. The molecule has 0 aliphatic carbocycles. The highest BCUT2D eigenvalue weighted by Gasteiger charge is 2.37. The maximum atomic E-state index is 12.9. The van der Waals surface area contributed by atoms with E-state index < -0.39 is 28.4 Å². The number of benzene rings is 2. The molecule has 0 radical (unpaired) electrons. The van der Waals surface area contributed by atoms with Crippen LogP contribution in [0.25, 0.3) is 0 Å². The van der Waals surface area contributed by atoms with Gasteiger partial charge in [0, 0.05) is 18.7 Å². The predicted molar refractivity (Wildman–Crippen MR) is 111 cm³/mol. The molecule has 0 unspecified atom stereocenters. The topological polar surface area (TPSA) is 93.2 Å². The van der Waals surface area contributed by atoms with Gasteiger partial charge in [0.1, 0.15) is 6.54 Å². The Labute approximate surface area is 176 Å². The summed E-state index contributed by atoms with van der Waals surface area (Å²) in [4.78, 5) is 27.1. The number of fused-ring (bicyclic) bond motifs is 1. The molecule has 0 saturated carbocycles. The van der Waals surface area contributed by atoms with E-state index in [1.54, 1.807) is 49.4 Å². The Balaban J connectivity index is 1.79. The van der Waals surface area contributed by atoms with E-state index in [9.17, 15) is 18.0 Å². The molecule has 2 amide bonds. The molecule has 0 bridgehead atoms. The van der Waals surface area contributed by atoms with E-state index in [0.29, 0.717) is 33.5 Å². The van der Waals surface area contributed by atoms with Crippen LogP contribution in [0.2, 0.25) is 0 Å². The summed E-state index contributed by atoms with van der Waals surface area (Å²) >= 11 is 0. The van der Waals surface area contributed by atoms with Gasteiger partial charge in [-0.1, -0.05) is 24.3 Å². The van der Waals surface area contributed by atoms with E-state index in [1.807, 2.05) is 0 Å². The summed E-state index contributed by atoms with van der Waals surface area (Å²) in [5.41, 5.74) is 1.55. The number of hydrogen-bond donors (Lipinski definition) is 0. The van der Waals surface area contributed by atoms with Crippen LogP contribution in [-0.2, 0) is 27.1 Å². The van der Waals surface area contributed by atoms with E-state index in [0.717, 1.165) is 5.56 Å². The minimum Gasteiger partial charge on any atom is -0.493 e. The first kappa shape index (κ1) is 21.6. The number of rotatable bonds is 7. The molecule has 160 valence electrons. The largest absolute Gasteiger partial charge is 0.493 e. The molecule has 3 rings (SSSR count). The highest BCUT2D eigenvalue weighted by Crippen LogP contribution is 2.28. The molecule has 0 N–H and O–H groups in total. The third kappa shape index (κ3) is 4.25. The highest BCUT2D eigenvalue weighted by molar-refractivity contribution is 7.89. The Morgan fingerprint density at radius 1 is 1.10 bits per heavy atom. The number of amides is 2. The first-order chi connectivity index (χ1) is 14.3. The van der Waals surface area contributed by atoms with Crippen molar-refractivity contribution in [2.45, 2.75) is 19.2 Å². The van der Waals surface area contributed by atoms with Crippen molar-refractivity contribution < 1.29 is 27.5 Å². The molecule has 0 atom stereocenters. The normalized spacial score (nSPS) is 14.8. The molecule has 2 aromatic carbocycles. The summed E-state index contributed by atoms with van der Waals surface area (Å²) in [5.74, 6) is -0.330. The van der Waals surface area contributed by atoms with Gasteiger partial charge >= 0.3 is 0 Å². The number of carbonyl (C=O) groups excluding carboxylic acids is 2. The average molecular weight is 432 g/mol. The van der Waals surface area contributed by atoms with Gasteiger partial charge in [-0.3, -0.25) is 9.59 Å². The van der Waals surface area contributed by atoms with E-state index in [-0.39, 0.29) is 12.3 Å². The highest BCUT2D eigenvalue weighted by atomic mass is 32.2. The minimum absolute atomic E-state index is 0.244. The second-order valence-corrected chi connectivity index (χ2v) is 8.72. The molecule has 1 aliphatic rings. The molecule has 2 aromatic rings. The fourth-order valence-corrected chi connectivity index (χ4v) is 4.82. The second kappa shape index (κ2) is 8.74. The molecular formula is C21H24N2O6S. The summed E-state index contributed by atoms with van der Waals surface area (Å²) in [6, 6.07) is 11.8. The van der Waals surface area contributed by atoms with Crippen molar-refractivity contribution in [2.24, 2.45) is 0 Å². The van der Waals surface area contributed by atoms with Crippen molar-refractivity contribution in [2.75, 3.05) is 27.3 Å². The smallest absolute Gasteiger partial charge is 0.268 e. The van der Waals surface area contributed by atoms with E-state index in [2.05, 4.69) is 0 Å². The molecule has 1 heterocycles. The lowest BCUT2D eigenvalue weighted by molar-refractivity contribution is -0.131. The molecule has 1 aliphatic heterocycles. The van der Waals surface area contributed by atoms with Crippen LogP contribution in [0.1, 0.15) is 28.4 Å². The van der Waals surface area contributed by atoms with Crippen molar-refractivity contribution >= 4 is 21.8 Å². The molecule has 0 fully saturated rings. The zero-order valence-corrected chi connectivity index (χ0v) is 17.9. The molecule has 0 aromatic heterocycles. The van der Waals surface area contributed by atoms with Gasteiger partial charge in [0.05, 0.1) is 20.0 Å². The molecule has 8 nitrogen and oxygen atoms in total. The fraction of sp³-hybridized carbons (Fsp3) is 0.333. The van der Waals surface area contributed by atoms with Crippen molar-refractivity contribution in [3.63, 3.8) is 0 Å². The molecular weight excluding hydrogens is 408 g/mol. The zero-order valence-electron chi connectivity index (χ0n) is 17.1. The Kier molecular flexibility index (Phi) is 6.31. The van der Waals surface area contributed by atoms with Crippen LogP contribution in [-0.4, -0.2) is 56.7 Å². The van der Waals surface area contributed by atoms with Gasteiger partial charge in [0.2, 0.25) is 15.9 Å². The predicted octanol–water partition coefficient (Wildman–Crippen LogP) is 2.04. The third-order valence-electron chi connectivity index (χ3n) is 4.98. The summed E-state index contributed by atoms with van der Waals surface area (Å²) in [6.07, 6.45) is 0. The SMILES string of the molecule is CCN(Cc1ccc(OC)c(OC)c1)C(=O)CN1C(=O)c2ccccc2CS1(=O)=O. The number of nitrogens with zero attached hydrogens (tertiary/aromatic N) is 2. The van der Waals surface area contributed by atoms with Crippen LogP contribution in [0.4, 0.5) is 0 Å². The van der Waals surface area contributed by atoms with Crippen molar-refractivity contribution in [3.8, 4) is 11.5 Å². The first-order valence-electron chi connectivity index (χ1n) is 9.42. The van der Waals surface area contributed by atoms with Crippen LogP contribution in [0.5, 0.6) is 11.5 Å². The number of methoxy groups -OCH3 is 2. The fourth-order valence-electron chi connectivity index (χ4n) is 3.36. The summed E-state index contributed by atoms with van der Waals surface area (Å²) in [5, 5.41) is 0. The van der Waals surface area contributed by atoms with E-state index >= 15 is 0 Å². The first-order valence-corrected chi connectivity index (χ1v) is 11.0. The number of likely N-dealkylation sites (N-methyl/N-ethyl adjacent to an activating group) is 1. The van der Waals surface area contributed by atoms with Gasteiger partial charge in [0.15, 0.2) is 11.5 Å². The lowest BCUT2D eigenvalue weighted by Crippen LogP contribution is -2.48. The van der Waals surface area contributed by atoms with Gasteiger partial charge in [-0.15, -0.1) is 0 Å². The Hall–Kier alpha value is -3.07. The molecule has 9 heteroatoms. The van der Waals surface area contributed by atoms with E-state index in [4.69, 9.17) is 9.47 Å². The standard InChI is InChI=1S/C21H24N2O6S/c1-4-22(12-15-9-10-18(28-2)19(11-15)29-3)20(24)13-23-21(25)17-8-6-5-7-16(17)14-30(23,26)27/h5-11H,4,12-14H2,1-3H3. The average Bonchev–Trinajstić information content (AvgIpc) is 2.74. The quantitative estimate of drug-likeness (QED) is 0.665. The third-order valence-corrected chi connectivity index (χ3v) is 6.62. The molecule has 0 saturated heterocycles. The maximum absolute atomic E-state index is 12.9. The van der Waals surface area contributed by atoms with Gasteiger partial charge in [0.25, 0.3) is 5.91 Å². The van der Waals surface area contributed by atoms with Crippen LogP contribution in [0.3, 0.4) is 0 Å². The molecule has 0 spiro atoms. The van der Waals surface area contributed by atoms with Gasteiger partial charge in [-0.2, -0.15) is 0 Å². The maximum Gasteiger partial charge on any atom is 0.268 e. The van der Waals surface area contributed by atoms with Crippen molar-refractivity contribution in [3.05, 3.63) is 59.2 Å². The lowest BCUT2D eigenvalue weighted by atomic mass is 10.1. The lowest BCUT2D eigenvalue weighted by Gasteiger charge is -2.30. The number of hydrogen-bond acceptors (Lipinski definition) is 6. The monoisotopic (exact) mass is 432 g/mol. The van der Waals surface area contributed by atoms with Crippen LogP contribution in [0, 0.1) is 0 Å². The van der Waals surface area contributed by atoms with Gasteiger partial charge in [-0.05, 0) is 36.2 Å². The number of carbonyl (C=O) groups is 2. The van der Waals surface area contributed by atoms with Crippen LogP contribution in [0.15, 0.2) is 42.5 Å². The Morgan fingerprint density at radius 3 is 2.47 bits per heavy atom. The van der Waals surface area contributed by atoms with Gasteiger partial charge in [-0.25, -0.2) is 12.7 Å². The summed E-state index contributed by atoms with van der Waals surface area (Å²) in [7, 11) is -0.858. The Morgan fingerprint density at radius 2 is 1.80 bits per heavy atom. The number of sulfonamides is 1. The minimum atomic E-state index is -3.92. The van der Waals surface area contributed by atoms with Gasteiger partial charge < -0.3 is 14.4 Å².